The van der Waals surface area contributed by atoms with Crippen molar-refractivity contribution in [1.82, 2.24) is 0 Å². The highest BCUT2D eigenvalue weighted by Crippen LogP contribution is 2.41. The molecule has 0 heterocycles. The quantitative estimate of drug-likeness (QED) is 0.433. The molecule has 0 saturated carbocycles. The highest BCUT2D eigenvalue weighted by Gasteiger charge is 2.33. The Kier molecular flexibility index (Phi) is 8.22. The van der Waals surface area contributed by atoms with Gasteiger partial charge in [0.15, 0.2) is 0 Å². The van der Waals surface area contributed by atoms with E-state index < -0.39 is 0 Å². The third kappa shape index (κ3) is 5.36. The number of methoxy groups -OCH3 is 1. The molecule has 0 bridgehead atoms. The smallest absolute Gasteiger partial charge is 0.119 e. The number of rotatable bonds is 9. The van der Waals surface area contributed by atoms with Crippen molar-refractivity contribution in [3.8, 4) is 5.75 Å². The first-order chi connectivity index (χ1) is 11.8. The van der Waals surface area contributed by atoms with Gasteiger partial charge in [0.1, 0.15) is 5.75 Å². The Hall–Kier alpha value is -1.76. The van der Waals surface area contributed by atoms with Crippen molar-refractivity contribution < 1.29 is 4.74 Å². The molecule has 1 heteroatoms. The minimum Gasteiger partial charge on any atom is -0.497 e. The lowest BCUT2D eigenvalue weighted by Crippen LogP contribution is -2.31. The van der Waals surface area contributed by atoms with E-state index in [0.29, 0.717) is 5.92 Å². The second kappa shape index (κ2) is 9.65. The Bertz CT molecular complexity index is 635. The summed E-state index contributed by atoms with van der Waals surface area (Å²) in [5, 5.41) is 0. The van der Waals surface area contributed by atoms with Crippen molar-refractivity contribution in [3.05, 3.63) is 65.3 Å². The molecule has 0 aromatic heterocycles. The van der Waals surface area contributed by atoms with Crippen LogP contribution in [0.3, 0.4) is 0 Å². The van der Waals surface area contributed by atoms with Crippen LogP contribution in [0.4, 0.5) is 0 Å². The van der Waals surface area contributed by atoms with Crippen molar-refractivity contribution >= 4 is 0 Å². The van der Waals surface area contributed by atoms with Crippen molar-refractivity contribution in [1.29, 1.82) is 0 Å². The van der Waals surface area contributed by atoms with Gasteiger partial charge in [-0.3, -0.25) is 0 Å². The van der Waals surface area contributed by atoms with Gasteiger partial charge in [-0.25, -0.2) is 0 Å². The van der Waals surface area contributed by atoms with Crippen LogP contribution in [0.1, 0.15) is 65.0 Å². The van der Waals surface area contributed by atoms with Gasteiger partial charge in [-0.2, -0.15) is 0 Å². The Morgan fingerprint density at radius 2 is 1.88 bits per heavy atom. The summed E-state index contributed by atoms with van der Waals surface area (Å²) in [6.45, 7) is 17.3. The van der Waals surface area contributed by atoms with E-state index >= 15 is 0 Å². The molecule has 0 aliphatic heterocycles. The molecule has 1 aromatic carbocycles. The molecule has 2 unspecified atom stereocenters. The molecule has 0 radical (unpaired) electrons. The SMILES string of the molecule is C=C/C(C)=C(C)\C=C\C(CC)C(C)(CCC)c1cc(C)cc(OC)c1. The van der Waals surface area contributed by atoms with Gasteiger partial charge in [0.2, 0.25) is 0 Å². The number of hydrogen-bond acceptors (Lipinski definition) is 1. The van der Waals surface area contributed by atoms with Gasteiger partial charge < -0.3 is 4.74 Å². The summed E-state index contributed by atoms with van der Waals surface area (Å²) in [6, 6.07) is 6.65. The van der Waals surface area contributed by atoms with Gasteiger partial charge in [-0.1, -0.05) is 58.1 Å². The second-order valence-corrected chi connectivity index (χ2v) is 7.35. The summed E-state index contributed by atoms with van der Waals surface area (Å²) in [5.41, 5.74) is 5.26. The van der Waals surface area contributed by atoms with Crippen LogP contribution in [0, 0.1) is 12.8 Å². The maximum atomic E-state index is 5.53. The zero-order chi connectivity index (χ0) is 19.0. The van der Waals surface area contributed by atoms with E-state index in [4.69, 9.17) is 4.74 Å². The van der Waals surface area contributed by atoms with Crippen LogP contribution in [0.5, 0.6) is 5.75 Å². The second-order valence-electron chi connectivity index (χ2n) is 7.35. The van der Waals surface area contributed by atoms with Crippen LogP contribution in [-0.2, 0) is 5.41 Å². The molecule has 0 amide bonds. The predicted octanol–water partition coefficient (Wildman–Crippen LogP) is 7.17. The largest absolute Gasteiger partial charge is 0.497 e. The van der Waals surface area contributed by atoms with Crippen molar-refractivity contribution in [3.63, 3.8) is 0 Å². The monoisotopic (exact) mass is 340 g/mol. The first-order valence-electron chi connectivity index (χ1n) is 9.46. The Morgan fingerprint density at radius 3 is 2.40 bits per heavy atom. The minimum absolute atomic E-state index is 0.0989. The van der Waals surface area contributed by atoms with Crippen LogP contribution < -0.4 is 4.74 Å². The molecule has 0 fully saturated rings. The van der Waals surface area contributed by atoms with E-state index in [2.05, 4.69) is 78.5 Å². The summed E-state index contributed by atoms with van der Waals surface area (Å²) < 4.78 is 5.53. The summed E-state index contributed by atoms with van der Waals surface area (Å²) >= 11 is 0. The lowest BCUT2D eigenvalue weighted by Gasteiger charge is -2.37. The van der Waals surface area contributed by atoms with Gasteiger partial charge in [0.25, 0.3) is 0 Å². The maximum absolute atomic E-state index is 5.53. The summed E-state index contributed by atoms with van der Waals surface area (Å²) in [4.78, 5) is 0. The predicted molar refractivity (Wildman–Crippen MR) is 111 cm³/mol. The van der Waals surface area contributed by atoms with Gasteiger partial charge in [-0.15, -0.1) is 0 Å². The molecule has 0 N–H and O–H groups in total. The number of allylic oxidation sites excluding steroid dienone is 5. The van der Waals surface area contributed by atoms with E-state index in [-0.39, 0.29) is 5.41 Å². The van der Waals surface area contributed by atoms with E-state index in [0.717, 1.165) is 25.0 Å². The van der Waals surface area contributed by atoms with E-state index in [1.54, 1.807) is 7.11 Å². The Morgan fingerprint density at radius 1 is 1.20 bits per heavy atom. The summed E-state index contributed by atoms with van der Waals surface area (Å²) in [5.74, 6) is 1.43. The van der Waals surface area contributed by atoms with Crippen molar-refractivity contribution in [2.75, 3.05) is 7.11 Å². The Labute approximate surface area is 155 Å². The first kappa shape index (κ1) is 21.3. The van der Waals surface area contributed by atoms with E-state index in [9.17, 15) is 0 Å². The molecule has 0 aliphatic carbocycles. The highest BCUT2D eigenvalue weighted by atomic mass is 16.5. The molecule has 2 atom stereocenters. The number of aryl methyl sites for hydroxylation is 1. The fourth-order valence-electron chi connectivity index (χ4n) is 3.61. The average Bonchev–Trinajstić information content (AvgIpc) is 2.60. The third-order valence-electron chi connectivity index (χ3n) is 5.48. The lowest BCUT2D eigenvalue weighted by atomic mass is 9.67. The summed E-state index contributed by atoms with van der Waals surface area (Å²) in [6.07, 6.45) is 10.0. The maximum Gasteiger partial charge on any atom is 0.119 e. The normalized spacial score (nSPS) is 16.3. The molecule has 25 heavy (non-hydrogen) atoms. The number of benzene rings is 1. The lowest BCUT2D eigenvalue weighted by molar-refractivity contribution is 0.310. The van der Waals surface area contributed by atoms with Crippen LogP contribution >= 0.6 is 0 Å². The van der Waals surface area contributed by atoms with Gasteiger partial charge in [-0.05, 0) is 79.4 Å². The summed E-state index contributed by atoms with van der Waals surface area (Å²) in [7, 11) is 1.75. The van der Waals surface area contributed by atoms with Crippen LogP contribution in [0.25, 0.3) is 0 Å². The van der Waals surface area contributed by atoms with Gasteiger partial charge >= 0.3 is 0 Å². The average molecular weight is 341 g/mol. The van der Waals surface area contributed by atoms with Gasteiger partial charge in [0.05, 0.1) is 7.11 Å². The topological polar surface area (TPSA) is 9.23 Å². The van der Waals surface area contributed by atoms with Crippen molar-refractivity contribution in [2.24, 2.45) is 5.92 Å². The molecule has 1 nitrogen and oxygen atoms in total. The van der Waals surface area contributed by atoms with Crippen molar-refractivity contribution in [2.45, 2.75) is 66.2 Å². The fraction of sp³-hybridized carbons (Fsp3) is 0.500. The first-order valence-corrected chi connectivity index (χ1v) is 9.46. The molecular formula is C24H36O. The standard InChI is InChI=1S/C24H36O/c1-9-14-24(7,22-15-18(4)16-23(17-22)25-8)21(11-3)13-12-20(6)19(5)10-2/h10,12-13,15-17,21H,2,9,11,14H2,1,3-8H3/b13-12+,20-19-. The molecule has 138 valence electrons. The minimum atomic E-state index is 0.0989. The fourth-order valence-corrected chi connectivity index (χ4v) is 3.61. The molecule has 0 aliphatic rings. The molecule has 1 rings (SSSR count). The number of ether oxygens (including phenoxy) is 1. The third-order valence-corrected chi connectivity index (χ3v) is 5.48. The van der Waals surface area contributed by atoms with E-state index in [1.807, 2.05) is 6.08 Å². The Balaban J connectivity index is 3.36. The van der Waals surface area contributed by atoms with Gasteiger partial charge in [0, 0.05) is 0 Å². The van der Waals surface area contributed by atoms with Crippen LogP contribution in [-0.4, -0.2) is 7.11 Å². The van der Waals surface area contributed by atoms with Crippen LogP contribution in [0.2, 0.25) is 0 Å². The zero-order valence-corrected chi connectivity index (χ0v) is 17.3. The molecule has 0 saturated heterocycles. The zero-order valence-electron chi connectivity index (χ0n) is 17.3. The molecule has 0 spiro atoms. The highest BCUT2D eigenvalue weighted by molar-refractivity contribution is 5.39. The molecule has 1 aromatic rings. The molecular weight excluding hydrogens is 304 g/mol. The van der Waals surface area contributed by atoms with E-state index in [1.165, 1.54) is 22.3 Å². The number of hydrogen-bond donors (Lipinski definition) is 0. The van der Waals surface area contributed by atoms with Crippen LogP contribution in [0.15, 0.2) is 54.2 Å².